The van der Waals surface area contributed by atoms with Gasteiger partial charge in [0.05, 0.1) is 30.5 Å². The van der Waals surface area contributed by atoms with E-state index in [9.17, 15) is 9.59 Å². The summed E-state index contributed by atoms with van der Waals surface area (Å²) >= 11 is 0. The molecule has 182 valence electrons. The minimum Gasteiger partial charge on any atom is -0.426 e. The Morgan fingerprint density at radius 2 is 1.73 bits per heavy atom. The van der Waals surface area contributed by atoms with Gasteiger partial charge in [0, 0.05) is 24.2 Å². The maximum Gasteiger partial charge on any atom is 0.316 e. The Hall–Kier alpha value is -1.88. The summed E-state index contributed by atoms with van der Waals surface area (Å²) in [5.41, 5.74) is 1.91. The molecule has 1 aromatic rings. The van der Waals surface area contributed by atoms with E-state index >= 15 is 0 Å². The molecule has 3 aliphatic rings. The van der Waals surface area contributed by atoms with E-state index in [1.165, 1.54) is 36.8 Å². The van der Waals surface area contributed by atoms with Crippen LogP contribution in [0.3, 0.4) is 0 Å². The van der Waals surface area contributed by atoms with Crippen LogP contribution in [-0.4, -0.2) is 42.8 Å². The van der Waals surface area contributed by atoms with Crippen molar-refractivity contribution in [2.75, 3.05) is 20.3 Å². The van der Waals surface area contributed by atoms with Crippen molar-refractivity contribution in [3.8, 4) is 5.75 Å². The number of hydrogen-bond donors (Lipinski definition) is 0. The van der Waals surface area contributed by atoms with Crippen LogP contribution >= 0.6 is 0 Å². The summed E-state index contributed by atoms with van der Waals surface area (Å²) in [6.07, 6.45) is 6.99. The lowest BCUT2D eigenvalue weighted by molar-refractivity contribution is -0.959. The van der Waals surface area contributed by atoms with Crippen molar-refractivity contribution in [3.63, 3.8) is 0 Å². The fourth-order valence-electron chi connectivity index (χ4n) is 6.35. The van der Waals surface area contributed by atoms with Crippen molar-refractivity contribution in [1.29, 1.82) is 0 Å². The van der Waals surface area contributed by atoms with Gasteiger partial charge in [0.1, 0.15) is 5.75 Å². The monoisotopic (exact) mass is 456 g/mol. The minimum atomic E-state index is -0.527. The quantitative estimate of drug-likeness (QED) is 0.348. The number of likely N-dealkylation sites (N-methyl/N-ethyl adjacent to an activating group) is 1. The number of fused-ring (bicyclic) bond motifs is 1. The Labute approximate surface area is 199 Å². The van der Waals surface area contributed by atoms with Crippen LogP contribution in [-0.2, 0) is 26.2 Å². The van der Waals surface area contributed by atoms with E-state index in [0.29, 0.717) is 24.4 Å². The predicted molar refractivity (Wildman–Crippen MR) is 129 cm³/mol. The second-order valence-corrected chi connectivity index (χ2v) is 13.0. The molecule has 4 rings (SSSR count). The first-order chi connectivity index (χ1) is 15.3. The molecule has 1 heterocycles. The first-order valence-electron chi connectivity index (χ1n) is 12.6. The van der Waals surface area contributed by atoms with Crippen molar-refractivity contribution in [1.82, 2.24) is 0 Å². The van der Waals surface area contributed by atoms with Gasteiger partial charge in [-0.2, -0.15) is 0 Å². The molecule has 1 saturated carbocycles. The van der Waals surface area contributed by atoms with Gasteiger partial charge in [0.25, 0.3) is 0 Å². The van der Waals surface area contributed by atoms with Gasteiger partial charge in [-0.05, 0) is 77.6 Å². The van der Waals surface area contributed by atoms with Gasteiger partial charge in [-0.3, -0.25) is 14.1 Å². The molecule has 5 heteroatoms. The van der Waals surface area contributed by atoms with Crippen LogP contribution < -0.4 is 4.74 Å². The number of likely N-dealkylation sites (tertiary alicyclic amines) is 1. The fraction of sp³-hybridized carbons (Fsp3) is 0.714. The Kier molecular flexibility index (Phi) is 5.96. The van der Waals surface area contributed by atoms with Crippen LogP contribution in [0.25, 0.3) is 0 Å². The molecule has 3 unspecified atom stereocenters. The highest BCUT2D eigenvalue weighted by Crippen LogP contribution is 2.57. The van der Waals surface area contributed by atoms with Gasteiger partial charge in [-0.1, -0.05) is 18.9 Å². The van der Waals surface area contributed by atoms with E-state index < -0.39 is 10.8 Å². The van der Waals surface area contributed by atoms with Crippen LogP contribution in [0.5, 0.6) is 5.75 Å². The third kappa shape index (κ3) is 4.34. The first kappa shape index (κ1) is 24.3. The van der Waals surface area contributed by atoms with E-state index in [4.69, 9.17) is 9.47 Å². The van der Waals surface area contributed by atoms with Crippen molar-refractivity contribution < 1.29 is 23.5 Å². The Balaban J connectivity index is 1.65. The largest absolute Gasteiger partial charge is 0.426 e. The van der Waals surface area contributed by atoms with Crippen molar-refractivity contribution in [2.45, 2.75) is 91.5 Å². The fourth-order valence-corrected chi connectivity index (χ4v) is 6.35. The number of nitrogens with zero attached hydrogens (tertiary/aromatic N) is 1. The highest BCUT2D eigenvalue weighted by Gasteiger charge is 2.59. The summed E-state index contributed by atoms with van der Waals surface area (Å²) < 4.78 is 12.5. The third-order valence-corrected chi connectivity index (χ3v) is 8.40. The number of rotatable bonds is 3. The van der Waals surface area contributed by atoms with Crippen LogP contribution in [0.15, 0.2) is 18.2 Å². The topological polar surface area (TPSA) is 52.6 Å². The normalized spacial score (nSPS) is 31.2. The second kappa shape index (κ2) is 8.11. The molecule has 5 nitrogen and oxygen atoms in total. The van der Waals surface area contributed by atoms with E-state index in [2.05, 4.69) is 19.2 Å². The van der Waals surface area contributed by atoms with Gasteiger partial charge in [-0.25, -0.2) is 0 Å². The molecule has 2 fully saturated rings. The zero-order chi connectivity index (χ0) is 24.2. The number of quaternary nitrogens is 1. The van der Waals surface area contributed by atoms with Crippen LogP contribution in [0.4, 0.5) is 0 Å². The predicted octanol–water partition coefficient (Wildman–Crippen LogP) is 5.39. The zero-order valence-corrected chi connectivity index (χ0v) is 21.6. The van der Waals surface area contributed by atoms with Crippen molar-refractivity contribution >= 4 is 11.9 Å². The SMILES string of the molecule is CC(C)(C)C(=O)OC[N+]1(C)CC[C@]23CCCCC2C1Cc1ccc(OC(=O)C(C)(C)C)cc13. The molecule has 2 bridgehead atoms. The highest BCUT2D eigenvalue weighted by molar-refractivity contribution is 5.78. The highest BCUT2D eigenvalue weighted by atomic mass is 16.5. The van der Waals surface area contributed by atoms with Crippen molar-refractivity contribution in [2.24, 2.45) is 16.7 Å². The lowest BCUT2D eigenvalue weighted by Gasteiger charge is -2.61. The lowest BCUT2D eigenvalue weighted by Crippen LogP contribution is -2.69. The molecular formula is C28H42NO4+. The number of esters is 2. The Morgan fingerprint density at radius 1 is 1.03 bits per heavy atom. The number of benzene rings is 1. The summed E-state index contributed by atoms with van der Waals surface area (Å²) in [6.45, 7) is 12.9. The zero-order valence-electron chi connectivity index (χ0n) is 21.6. The van der Waals surface area contributed by atoms with Crippen LogP contribution in [0.1, 0.15) is 84.8 Å². The smallest absolute Gasteiger partial charge is 0.316 e. The molecule has 0 N–H and O–H groups in total. The molecule has 4 atom stereocenters. The standard InChI is InChI=1S/C28H42NO4/c1-26(2,3)24(30)32-18-29(7)15-14-28-13-9-8-10-21(28)23(29)16-19-11-12-20(17-22(19)28)33-25(31)27(4,5)6/h11-12,17,21,23H,8-10,13-16,18H2,1-7H3/q+1/t21?,23?,28-,29?/m1/s1. The molecule has 0 spiro atoms. The molecule has 1 aromatic carbocycles. The molecule has 0 amide bonds. The molecule has 33 heavy (non-hydrogen) atoms. The number of piperidine rings is 1. The average molecular weight is 457 g/mol. The van der Waals surface area contributed by atoms with E-state index in [-0.39, 0.29) is 17.4 Å². The molecule has 0 radical (unpaired) electrons. The van der Waals surface area contributed by atoms with Crippen molar-refractivity contribution in [3.05, 3.63) is 29.3 Å². The summed E-state index contributed by atoms with van der Waals surface area (Å²) in [6, 6.07) is 6.75. The second-order valence-electron chi connectivity index (χ2n) is 13.0. The van der Waals surface area contributed by atoms with Gasteiger partial charge < -0.3 is 9.47 Å². The molecule has 1 aliphatic heterocycles. The lowest BCUT2D eigenvalue weighted by atomic mass is 9.52. The molecule has 2 aliphatic carbocycles. The minimum absolute atomic E-state index is 0.121. The third-order valence-electron chi connectivity index (χ3n) is 8.40. The van der Waals surface area contributed by atoms with Crippen LogP contribution in [0, 0.1) is 16.7 Å². The molecule has 0 aromatic heterocycles. The molecule has 1 saturated heterocycles. The van der Waals surface area contributed by atoms with Gasteiger partial charge >= 0.3 is 11.9 Å². The van der Waals surface area contributed by atoms with E-state index in [0.717, 1.165) is 23.9 Å². The first-order valence-corrected chi connectivity index (χ1v) is 12.6. The summed E-state index contributed by atoms with van der Waals surface area (Å²) in [4.78, 5) is 25.0. The Bertz CT molecular complexity index is 940. The van der Waals surface area contributed by atoms with Gasteiger partial charge in [0.15, 0.2) is 0 Å². The van der Waals surface area contributed by atoms with Gasteiger partial charge in [0.2, 0.25) is 6.73 Å². The number of carbonyl (C=O) groups is 2. The maximum atomic E-state index is 12.5. The van der Waals surface area contributed by atoms with Crippen LogP contribution in [0.2, 0.25) is 0 Å². The summed E-state index contributed by atoms with van der Waals surface area (Å²) in [7, 11) is 2.28. The molecular weight excluding hydrogens is 414 g/mol. The summed E-state index contributed by atoms with van der Waals surface area (Å²) in [5, 5.41) is 0. The number of hydrogen-bond acceptors (Lipinski definition) is 4. The Morgan fingerprint density at radius 3 is 2.39 bits per heavy atom. The van der Waals surface area contributed by atoms with Gasteiger partial charge in [-0.15, -0.1) is 0 Å². The average Bonchev–Trinajstić information content (AvgIpc) is 2.74. The van der Waals surface area contributed by atoms with E-state index in [1.807, 2.05) is 47.6 Å². The maximum absolute atomic E-state index is 12.5. The number of carbonyl (C=O) groups excluding carboxylic acids is 2. The van der Waals surface area contributed by atoms with E-state index in [1.54, 1.807) is 0 Å². The summed E-state index contributed by atoms with van der Waals surface area (Å²) in [5.74, 6) is 0.929. The number of ether oxygens (including phenoxy) is 2.